The maximum absolute atomic E-state index is 12.0. The standard InChI is InChI=1S/C28H38N2O7/c1-4-25(33)36-22-8-7-20-19-6-5-17-15-18(11-13-27(17,2)21(19)12-14-28(20,22)3)29-35-16-26(34)37-30-23(31)9-10-24(30)32/h15,19-22H,4-14,16H2,1-3H3/b29-18-/t19-,20-,21-,22-,27+,28+/m1/s1. The molecule has 5 aliphatic rings. The number of carbonyl (C=O) groups is 4. The predicted octanol–water partition coefficient (Wildman–Crippen LogP) is 4.25. The van der Waals surface area contributed by atoms with Crippen molar-refractivity contribution in [2.45, 2.75) is 97.5 Å². The van der Waals surface area contributed by atoms with Crippen LogP contribution in [0, 0.1) is 28.6 Å². The third-order valence-electron chi connectivity index (χ3n) is 10.0. The summed E-state index contributed by atoms with van der Waals surface area (Å²) in [5.74, 6) is -0.0951. The number of amides is 2. The molecular formula is C28H38N2O7. The van der Waals surface area contributed by atoms with E-state index in [2.05, 4.69) is 25.1 Å². The van der Waals surface area contributed by atoms with Gasteiger partial charge in [-0.05, 0) is 80.6 Å². The van der Waals surface area contributed by atoms with Crippen LogP contribution in [0.5, 0.6) is 0 Å². The zero-order valence-electron chi connectivity index (χ0n) is 22.1. The summed E-state index contributed by atoms with van der Waals surface area (Å²) >= 11 is 0. The van der Waals surface area contributed by atoms with E-state index in [4.69, 9.17) is 14.4 Å². The Morgan fingerprint density at radius 3 is 2.46 bits per heavy atom. The minimum absolute atomic E-state index is 0.0475. The van der Waals surface area contributed by atoms with E-state index in [0.717, 1.165) is 57.1 Å². The van der Waals surface area contributed by atoms with Gasteiger partial charge in [0.25, 0.3) is 11.8 Å². The number of nitrogens with zero attached hydrogens (tertiary/aromatic N) is 2. The zero-order valence-corrected chi connectivity index (χ0v) is 22.1. The van der Waals surface area contributed by atoms with Crippen LogP contribution in [-0.4, -0.2) is 47.2 Å². The number of fused-ring (bicyclic) bond motifs is 5. The summed E-state index contributed by atoms with van der Waals surface area (Å²) < 4.78 is 5.91. The number of allylic oxidation sites excluding steroid dienone is 2. The topological polar surface area (TPSA) is 112 Å². The van der Waals surface area contributed by atoms with Crippen molar-refractivity contribution in [2.24, 2.45) is 33.7 Å². The van der Waals surface area contributed by atoms with Crippen LogP contribution >= 0.6 is 0 Å². The minimum Gasteiger partial charge on any atom is -0.462 e. The SMILES string of the molecule is CCC(=O)O[C@@H]1CC[C@@H]2[C@H]3CCC4=C/C(=N\OCC(=O)ON5C(=O)CCC5=O)CC[C@]4(C)[C@@H]3CC[C@@]21C. The Bertz CT molecular complexity index is 1040. The number of hydrogen-bond acceptors (Lipinski definition) is 8. The zero-order chi connectivity index (χ0) is 26.4. The first-order valence-corrected chi connectivity index (χ1v) is 13.8. The molecule has 1 heterocycles. The van der Waals surface area contributed by atoms with Gasteiger partial charge in [-0.1, -0.05) is 31.5 Å². The smallest absolute Gasteiger partial charge is 0.373 e. The van der Waals surface area contributed by atoms with Gasteiger partial charge in [-0.15, -0.1) is 5.06 Å². The van der Waals surface area contributed by atoms with Crippen LogP contribution < -0.4 is 0 Å². The maximum atomic E-state index is 12.0. The Balaban J connectivity index is 1.21. The molecule has 3 saturated carbocycles. The first kappa shape index (κ1) is 25.9. The van der Waals surface area contributed by atoms with Crippen LogP contribution in [0.3, 0.4) is 0 Å². The highest BCUT2D eigenvalue weighted by atomic mass is 16.7. The molecule has 5 rings (SSSR count). The van der Waals surface area contributed by atoms with Crippen molar-refractivity contribution in [3.05, 3.63) is 11.6 Å². The second kappa shape index (κ2) is 9.87. The Labute approximate surface area is 217 Å². The summed E-state index contributed by atoms with van der Waals surface area (Å²) in [6.07, 6.45) is 11.0. The van der Waals surface area contributed by atoms with Gasteiger partial charge in [0.1, 0.15) is 6.10 Å². The highest BCUT2D eigenvalue weighted by molar-refractivity contribution is 6.01. The summed E-state index contributed by atoms with van der Waals surface area (Å²) in [6, 6.07) is 0. The summed E-state index contributed by atoms with van der Waals surface area (Å²) in [7, 11) is 0. The molecule has 9 nitrogen and oxygen atoms in total. The highest BCUT2D eigenvalue weighted by Crippen LogP contribution is 2.65. The molecule has 202 valence electrons. The molecule has 0 aromatic heterocycles. The molecule has 1 saturated heterocycles. The van der Waals surface area contributed by atoms with Gasteiger partial charge in [0, 0.05) is 24.7 Å². The first-order valence-electron chi connectivity index (χ1n) is 13.8. The normalized spacial score (nSPS) is 38.0. The molecule has 2 amide bonds. The Hall–Kier alpha value is -2.71. The molecule has 0 aromatic rings. The molecule has 4 aliphatic carbocycles. The Morgan fingerprint density at radius 2 is 1.73 bits per heavy atom. The fraction of sp³-hybridized carbons (Fsp3) is 0.750. The van der Waals surface area contributed by atoms with E-state index >= 15 is 0 Å². The second-order valence-corrected chi connectivity index (χ2v) is 11.9. The number of esters is 1. The highest BCUT2D eigenvalue weighted by Gasteiger charge is 2.59. The number of carbonyl (C=O) groups excluding carboxylic acids is 4. The lowest BCUT2D eigenvalue weighted by molar-refractivity contribution is -0.200. The molecule has 0 N–H and O–H groups in total. The summed E-state index contributed by atoms with van der Waals surface area (Å²) in [6.45, 7) is 6.16. The quantitative estimate of drug-likeness (QED) is 0.296. The third kappa shape index (κ3) is 4.59. The van der Waals surface area contributed by atoms with E-state index in [1.54, 1.807) is 0 Å². The van der Waals surface area contributed by atoms with E-state index in [9.17, 15) is 19.2 Å². The molecule has 0 bridgehead atoms. The van der Waals surface area contributed by atoms with Crippen LogP contribution in [0.25, 0.3) is 0 Å². The number of hydrogen-bond donors (Lipinski definition) is 0. The van der Waals surface area contributed by atoms with Gasteiger partial charge < -0.3 is 14.4 Å². The van der Waals surface area contributed by atoms with Crippen molar-refractivity contribution >= 4 is 29.5 Å². The summed E-state index contributed by atoms with van der Waals surface area (Å²) in [5, 5.41) is 4.69. The van der Waals surface area contributed by atoms with E-state index < -0.39 is 24.4 Å². The monoisotopic (exact) mass is 514 g/mol. The van der Waals surface area contributed by atoms with Gasteiger partial charge in [0.2, 0.25) is 6.61 Å². The first-order chi connectivity index (χ1) is 17.7. The van der Waals surface area contributed by atoms with Crippen LogP contribution in [0.15, 0.2) is 16.8 Å². The Kier molecular flexibility index (Phi) is 6.92. The van der Waals surface area contributed by atoms with E-state index in [1.807, 2.05) is 6.92 Å². The third-order valence-corrected chi connectivity index (χ3v) is 10.0. The van der Waals surface area contributed by atoms with Crippen molar-refractivity contribution in [3.8, 4) is 0 Å². The van der Waals surface area contributed by atoms with E-state index in [1.165, 1.54) is 5.57 Å². The summed E-state index contributed by atoms with van der Waals surface area (Å²) in [4.78, 5) is 57.3. The van der Waals surface area contributed by atoms with Gasteiger partial charge in [0.05, 0.1) is 5.71 Å². The average molecular weight is 515 g/mol. The molecule has 0 unspecified atom stereocenters. The molecule has 6 atom stereocenters. The maximum Gasteiger partial charge on any atom is 0.373 e. The number of ether oxygens (including phenoxy) is 1. The van der Waals surface area contributed by atoms with Crippen molar-refractivity contribution in [3.63, 3.8) is 0 Å². The predicted molar refractivity (Wildman–Crippen MR) is 132 cm³/mol. The van der Waals surface area contributed by atoms with E-state index in [0.29, 0.717) is 29.2 Å². The lowest BCUT2D eigenvalue weighted by Gasteiger charge is -2.58. The second-order valence-electron chi connectivity index (χ2n) is 11.9. The average Bonchev–Trinajstić information content (AvgIpc) is 3.37. The largest absolute Gasteiger partial charge is 0.462 e. The van der Waals surface area contributed by atoms with E-state index in [-0.39, 0.29) is 35.7 Å². The van der Waals surface area contributed by atoms with Crippen LogP contribution in [0.4, 0.5) is 0 Å². The minimum atomic E-state index is -0.827. The number of hydroxylamine groups is 2. The molecule has 0 aromatic carbocycles. The fourth-order valence-corrected chi connectivity index (χ4v) is 7.98. The molecule has 1 aliphatic heterocycles. The lowest BCUT2D eigenvalue weighted by atomic mass is 9.47. The van der Waals surface area contributed by atoms with Crippen LogP contribution in [-0.2, 0) is 33.6 Å². The van der Waals surface area contributed by atoms with Crippen LogP contribution in [0.2, 0.25) is 0 Å². The van der Waals surface area contributed by atoms with Gasteiger partial charge in [-0.25, -0.2) is 4.79 Å². The van der Waals surface area contributed by atoms with Gasteiger partial charge in [-0.3, -0.25) is 14.4 Å². The van der Waals surface area contributed by atoms with Gasteiger partial charge in [-0.2, -0.15) is 0 Å². The van der Waals surface area contributed by atoms with Crippen molar-refractivity contribution < 1.29 is 33.6 Å². The molecule has 0 spiro atoms. The van der Waals surface area contributed by atoms with Crippen molar-refractivity contribution in [1.29, 1.82) is 0 Å². The lowest BCUT2D eigenvalue weighted by Crippen LogP contribution is -2.51. The van der Waals surface area contributed by atoms with Gasteiger partial charge in [0.15, 0.2) is 0 Å². The number of imide groups is 1. The molecular weight excluding hydrogens is 476 g/mol. The number of rotatable bonds is 6. The molecule has 37 heavy (non-hydrogen) atoms. The number of oxime groups is 1. The fourth-order valence-electron chi connectivity index (χ4n) is 7.98. The van der Waals surface area contributed by atoms with Gasteiger partial charge >= 0.3 is 11.9 Å². The van der Waals surface area contributed by atoms with Crippen molar-refractivity contribution in [1.82, 2.24) is 5.06 Å². The molecule has 9 heteroatoms. The van der Waals surface area contributed by atoms with Crippen molar-refractivity contribution in [2.75, 3.05) is 6.61 Å². The van der Waals surface area contributed by atoms with Crippen LogP contribution in [0.1, 0.15) is 91.4 Å². The Morgan fingerprint density at radius 1 is 0.973 bits per heavy atom. The molecule has 4 fully saturated rings. The summed E-state index contributed by atoms with van der Waals surface area (Å²) in [5.41, 5.74) is 2.42. The molecule has 0 radical (unpaired) electrons.